The fourth-order valence-electron chi connectivity index (χ4n) is 2.53. The number of nitrogens with zero attached hydrogens (tertiary/aromatic N) is 2. The summed E-state index contributed by atoms with van der Waals surface area (Å²) in [6, 6.07) is 1.41. The van der Waals surface area contributed by atoms with Crippen LogP contribution < -0.4 is 11.1 Å². The Kier molecular flexibility index (Phi) is 5.66. The first-order chi connectivity index (χ1) is 9.73. The Morgan fingerprint density at radius 2 is 2.14 bits per heavy atom. The summed E-state index contributed by atoms with van der Waals surface area (Å²) in [4.78, 5) is 11.8. The van der Waals surface area contributed by atoms with Gasteiger partial charge in [-0.3, -0.25) is 4.79 Å². The summed E-state index contributed by atoms with van der Waals surface area (Å²) in [6.07, 6.45) is 2.22. The van der Waals surface area contributed by atoms with Gasteiger partial charge >= 0.3 is 0 Å². The smallest absolute Gasteiger partial charge is 0.267 e. The summed E-state index contributed by atoms with van der Waals surface area (Å²) in [7, 11) is -0.425. The van der Waals surface area contributed by atoms with Crippen LogP contribution in [0.5, 0.6) is 0 Å². The predicted octanol–water partition coefficient (Wildman–Crippen LogP) is 0.166. The largest absolute Gasteiger partial charge is 0.354 e. The van der Waals surface area contributed by atoms with Gasteiger partial charge in [0.15, 0.2) is 0 Å². The Labute approximate surface area is 137 Å². The third kappa shape index (κ3) is 3.29. The second-order valence-corrected chi connectivity index (χ2v) is 7.79. The number of aryl methyl sites for hydroxylation is 1. The zero-order valence-electron chi connectivity index (χ0n) is 13.0. The molecule has 22 heavy (non-hydrogen) atoms. The zero-order valence-corrected chi connectivity index (χ0v) is 14.6. The molecule has 0 radical (unpaired) electrons. The van der Waals surface area contributed by atoms with E-state index in [4.69, 9.17) is 5.73 Å². The molecule has 1 aliphatic rings. The van der Waals surface area contributed by atoms with E-state index in [-0.39, 0.29) is 28.6 Å². The van der Waals surface area contributed by atoms with Crippen molar-refractivity contribution in [3.05, 3.63) is 18.0 Å². The first-order valence-electron chi connectivity index (χ1n) is 6.82. The number of carbonyl (C=O) groups is 1. The Hall–Kier alpha value is -1.09. The van der Waals surface area contributed by atoms with Gasteiger partial charge < -0.3 is 15.6 Å². The van der Waals surface area contributed by atoms with Crippen LogP contribution >= 0.6 is 12.4 Å². The van der Waals surface area contributed by atoms with E-state index < -0.39 is 10.0 Å². The van der Waals surface area contributed by atoms with Crippen molar-refractivity contribution in [2.24, 2.45) is 18.2 Å². The highest BCUT2D eigenvalue weighted by molar-refractivity contribution is 7.89. The van der Waals surface area contributed by atoms with Gasteiger partial charge in [-0.15, -0.1) is 12.4 Å². The molecule has 0 aromatic carbocycles. The Morgan fingerprint density at radius 3 is 2.64 bits per heavy atom. The lowest BCUT2D eigenvalue weighted by molar-refractivity contribution is 0.0955. The second kappa shape index (κ2) is 6.57. The highest BCUT2D eigenvalue weighted by Crippen LogP contribution is 2.32. The van der Waals surface area contributed by atoms with Crippen LogP contribution in [0.4, 0.5) is 0 Å². The minimum atomic E-state index is -3.59. The summed E-state index contributed by atoms with van der Waals surface area (Å²) < 4.78 is 28.3. The molecule has 2 heterocycles. The number of sulfonamides is 1. The SMILES string of the molecule is CNC(=O)c1cc(S(=O)(=O)N2CCC(C)(CN)C2)cn1C.Cl. The van der Waals surface area contributed by atoms with Gasteiger partial charge in [0.25, 0.3) is 5.91 Å². The summed E-state index contributed by atoms with van der Waals surface area (Å²) in [5.74, 6) is -0.313. The standard InChI is InChI=1S/C13H22N4O3S.ClH/c1-13(8-14)4-5-17(9-13)21(19,20)10-6-11(12(18)15-2)16(3)7-10;/h6-7H,4-5,8-9,14H2,1-3H3,(H,15,18);1H. The number of nitrogens with one attached hydrogen (secondary N) is 1. The van der Waals surface area contributed by atoms with Crippen molar-refractivity contribution in [3.63, 3.8) is 0 Å². The maximum absolute atomic E-state index is 12.7. The molecule has 1 amide bonds. The lowest BCUT2D eigenvalue weighted by Gasteiger charge is -2.22. The van der Waals surface area contributed by atoms with Gasteiger partial charge in [0, 0.05) is 33.4 Å². The van der Waals surface area contributed by atoms with Gasteiger partial charge in [-0.25, -0.2) is 8.42 Å². The number of aromatic nitrogens is 1. The topological polar surface area (TPSA) is 97.4 Å². The van der Waals surface area contributed by atoms with Gasteiger partial charge in [0.2, 0.25) is 10.0 Å². The van der Waals surface area contributed by atoms with Crippen LogP contribution in [0.15, 0.2) is 17.2 Å². The molecule has 1 aromatic rings. The number of hydrogen-bond acceptors (Lipinski definition) is 4. The first-order valence-corrected chi connectivity index (χ1v) is 8.26. The third-order valence-corrected chi connectivity index (χ3v) is 5.90. The van der Waals surface area contributed by atoms with E-state index in [1.807, 2.05) is 6.92 Å². The average molecular weight is 351 g/mol. The van der Waals surface area contributed by atoms with Gasteiger partial charge in [-0.1, -0.05) is 6.92 Å². The van der Waals surface area contributed by atoms with Crippen molar-refractivity contribution in [2.75, 3.05) is 26.7 Å². The highest BCUT2D eigenvalue weighted by Gasteiger charge is 2.39. The molecule has 1 aliphatic heterocycles. The van der Waals surface area contributed by atoms with E-state index in [1.54, 1.807) is 7.05 Å². The van der Waals surface area contributed by atoms with Gasteiger partial charge in [0.05, 0.1) is 0 Å². The number of halogens is 1. The molecule has 1 saturated heterocycles. The lowest BCUT2D eigenvalue weighted by Crippen LogP contribution is -2.34. The van der Waals surface area contributed by atoms with Crippen LogP contribution in [-0.2, 0) is 17.1 Å². The van der Waals surface area contributed by atoms with Crippen LogP contribution in [0.2, 0.25) is 0 Å². The van der Waals surface area contributed by atoms with Crippen LogP contribution in [-0.4, -0.2) is 49.9 Å². The van der Waals surface area contributed by atoms with Crippen LogP contribution in [0.25, 0.3) is 0 Å². The van der Waals surface area contributed by atoms with Crippen molar-refractivity contribution >= 4 is 28.3 Å². The molecule has 1 unspecified atom stereocenters. The van der Waals surface area contributed by atoms with Crippen molar-refractivity contribution in [2.45, 2.75) is 18.2 Å². The predicted molar refractivity (Wildman–Crippen MR) is 86.6 cm³/mol. The Balaban J connectivity index is 0.00000242. The first kappa shape index (κ1) is 19.0. The van der Waals surface area contributed by atoms with Crippen molar-refractivity contribution in [1.82, 2.24) is 14.2 Å². The van der Waals surface area contributed by atoms with E-state index in [0.29, 0.717) is 25.3 Å². The summed E-state index contributed by atoms with van der Waals surface area (Å²) in [5, 5.41) is 2.49. The Bertz CT molecular complexity index is 658. The van der Waals surface area contributed by atoms with Crippen LogP contribution in [0, 0.1) is 5.41 Å². The molecule has 0 aliphatic carbocycles. The highest BCUT2D eigenvalue weighted by atomic mass is 35.5. The summed E-state index contributed by atoms with van der Waals surface area (Å²) >= 11 is 0. The van der Waals surface area contributed by atoms with Crippen molar-refractivity contribution in [3.8, 4) is 0 Å². The lowest BCUT2D eigenvalue weighted by atomic mass is 9.90. The minimum absolute atomic E-state index is 0. The molecule has 0 saturated carbocycles. The van der Waals surface area contributed by atoms with Gasteiger partial charge in [-0.05, 0) is 24.4 Å². The average Bonchev–Trinajstić information content (AvgIpc) is 3.03. The molecule has 1 aromatic heterocycles. The molecular formula is C13H23ClN4O3S. The fraction of sp³-hybridized carbons (Fsp3) is 0.615. The van der Waals surface area contributed by atoms with Crippen LogP contribution in [0.3, 0.4) is 0 Å². The number of nitrogens with two attached hydrogens (primary N) is 1. The molecule has 1 fully saturated rings. The minimum Gasteiger partial charge on any atom is -0.354 e. The molecule has 9 heteroatoms. The van der Waals surface area contributed by atoms with Crippen LogP contribution in [0.1, 0.15) is 23.8 Å². The molecule has 126 valence electrons. The molecule has 2 rings (SSSR count). The second-order valence-electron chi connectivity index (χ2n) is 5.85. The molecule has 3 N–H and O–H groups in total. The van der Waals surface area contributed by atoms with E-state index in [1.165, 1.54) is 28.2 Å². The van der Waals surface area contributed by atoms with Gasteiger partial charge in [0.1, 0.15) is 10.6 Å². The molecular weight excluding hydrogens is 328 g/mol. The van der Waals surface area contributed by atoms with Crippen molar-refractivity contribution < 1.29 is 13.2 Å². The monoisotopic (exact) mass is 350 g/mol. The Morgan fingerprint density at radius 1 is 1.50 bits per heavy atom. The van der Waals surface area contributed by atoms with E-state index in [0.717, 1.165) is 6.42 Å². The third-order valence-electron chi connectivity index (χ3n) is 4.09. The van der Waals surface area contributed by atoms with Gasteiger partial charge in [-0.2, -0.15) is 4.31 Å². The summed E-state index contributed by atoms with van der Waals surface area (Å²) in [5.41, 5.74) is 5.86. The quantitative estimate of drug-likeness (QED) is 0.808. The van der Waals surface area contributed by atoms with E-state index >= 15 is 0 Å². The number of carbonyl (C=O) groups excluding carboxylic acids is 1. The molecule has 7 nitrogen and oxygen atoms in total. The van der Waals surface area contributed by atoms with E-state index in [9.17, 15) is 13.2 Å². The number of amides is 1. The molecule has 0 spiro atoms. The normalized spacial score (nSPS) is 22.4. The molecule has 0 bridgehead atoms. The molecule has 1 atom stereocenters. The van der Waals surface area contributed by atoms with E-state index in [2.05, 4.69) is 5.32 Å². The number of hydrogen-bond donors (Lipinski definition) is 2. The maximum Gasteiger partial charge on any atom is 0.267 e. The fourth-order valence-corrected chi connectivity index (χ4v) is 4.19. The maximum atomic E-state index is 12.7. The van der Waals surface area contributed by atoms with Crippen molar-refractivity contribution in [1.29, 1.82) is 0 Å². The summed E-state index contributed by atoms with van der Waals surface area (Å²) in [6.45, 7) is 3.32. The zero-order chi connectivity index (χ0) is 15.8. The number of rotatable bonds is 4.